The molecule has 5 N–H and O–H groups in total. The molecular weight excluding hydrogens is 166 g/mol. The second kappa shape index (κ2) is 6.45. The summed E-state index contributed by atoms with van der Waals surface area (Å²) in [6, 6.07) is 0. The second-order valence-corrected chi connectivity index (χ2v) is 2.71. The lowest BCUT2D eigenvalue weighted by molar-refractivity contribution is 0.574. The van der Waals surface area contributed by atoms with Crippen LogP contribution in [-0.2, 0) is 0 Å². The Bertz CT molecular complexity index is 197. The lowest BCUT2D eigenvalue weighted by Gasteiger charge is -2.13. The third-order valence-corrected chi connectivity index (χ3v) is 1.72. The highest BCUT2D eigenvalue weighted by Crippen LogP contribution is 1.80. The predicted molar refractivity (Wildman–Crippen MR) is 56.1 cm³/mol. The van der Waals surface area contributed by atoms with Crippen LogP contribution in [-0.4, -0.2) is 26.0 Å². The SMILES string of the molecule is CN=C(C)[C@H](N)NN/C=C(/C)NC. The Morgan fingerprint density at radius 1 is 1.46 bits per heavy atom. The summed E-state index contributed by atoms with van der Waals surface area (Å²) in [6.07, 6.45) is 1.54. The fourth-order valence-corrected chi connectivity index (χ4v) is 0.555. The van der Waals surface area contributed by atoms with Gasteiger partial charge in [0.05, 0.1) is 0 Å². The number of hydrogen-bond donors (Lipinski definition) is 4. The zero-order valence-corrected chi connectivity index (χ0v) is 8.68. The molecule has 0 aliphatic rings. The van der Waals surface area contributed by atoms with Crippen molar-refractivity contribution in [1.29, 1.82) is 0 Å². The predicted octanol–water partition coefficient (Wildman–Crippen LogP) is -0.463. The molecule has 1 atom stereocenters. The van der Waals surface area contributed by atoms with Gasteiger partial charge in [-0.15, -0.1) is 0 Å². The van der Waals surface area contributed by atoms with Crippen molar-refractivity contribution in [2.45, 2.75) is 20.0 Å². The fraction of sp³-hybridized carbons (Fsp3) is 0.625. The van der Waals surface area contributed by atoms with Crippen LogP contribution < -0.4 is 21.9 Å². The van der Waals surface area contributed by atoms with Crippen molar-refractivity contribution in [3.63, 3.8) is 0 Å². The number of allylic oxidation sites excluding steroid dienone is 1. The molecular formula is C8H19N5. The third-order valence-electron chi connectivity index (χ3n) is 1.72. The van der Waals surface area contributed by atoms with Gasteiger partial charge in [-0.3, -0.25) is 4.99 Å². The van der Waals surface area contributed by atoms with Crippen molar-refractivity contribution in [1.82, 2.24) is 16.2 Å². The van der Waals surface area contributed by atoms with Crippen LogP contribution in [0.15, 0.2) is 16.9 Å². The molecule has 0 spiro atoms. The summed E-state index contributed by atoms with van der Waals surface area (Å²) in [5.41, 5.74) is 13.3. The van der Waals surface area contributed by atoms with Gasteiger partial charge in [0.15, 0.2) is 0 Å². The zero-order chi connectivity index (χ0) is 10.3. The Kier molecular flexibility index (Phi) is 5.92. The number of hydrogen-bond acceptors (Lipinski definition) is 5. The summed E-state index contributed by atoms with van der Waals surface area (Å²) in [5.74, 6) is 0. The van der Waals surface area contributed by atoms with Gasteiger partial charge in [-0.25, -0.2) is 5.43 Å². The first-order chi connectivity index (χ1) is 6.11. The first-order valence-corrected chi connectivity index (χ1v) is 4.16. The van der Waals surface area contributed by atoms with Crippen LogP contribution >= 0.6 is 0 Å². The lowest BCUT2D eigenvalue weighted by Crippen LogP contribution is -2.48. The maximum Gasteiger partial charge on any atom is 0.111 e. The molecule has 0 amide bonds. The van der Waals surface area contributed by atoms with E-state index in [-0.39, 0.29) is 6.17 Å². The molecule has 0 heterocycles. The van der Waals surface area contributed by atoms with Crippen LogP contribution in [0.25, 0.3) is 0 Å². The Hall–Kier alpha value is -1.07. The lowest BCUT2D eigenvalue weighted by atomic mass is 10.3. The molecule has 0 rings (SSSR count). The van der Waals surface area contributed by atoms with Crippen LogP contribution in [0.4, 0.5) is 0 Å². The van der Waals surface area contributed by atoms with Gasteiger partial charge in [0, 0.05) is 31.7 Å². The van der Waals surface area contributed by atoms with Crippen molar-refractivity contribution in [2.75, 3.05) is 14.1 Å². The van der Waals surface area contributed by atoms with E-state index in [1.54, 1.807) is 13.2 Å². The molecule has 0 saturated heterocycles. The number of hydrazine groups is 1. The van der Waals surface area contributed by atoms with E-state index in [1.165, 1.54) is 0 Å². The standard InChI is InChI=1S/C8H19N5/c1-6(10-3)5-12-13-8(9)7(2)11-4/h5,8,10,12-13H,9H2,1-4H3/b6-5-,11-7?/t8-/m1/s1. The monoisotopic (exact) mass is 185 g/mol. The van der Waals surface area contributed by atoms with E-state index >= 15 is 0 Å². The maximum atomic E-state index is 5.70. The number of rotatable bonds is 5. The fourth-order valence-electron chi connectivity index (χ4n) is 0.555. The van der Waals surface area contributed by atoms with Gasteiger partial charge < -0.3 is 16.5 Å². The Balaban J connectivity index is 3.77. The average molecular weight is 185 g/mol. The van der Waals surface area contributed by atoms with E-state index in [0.29, 0.717) is 0 Å². The Labute approximate surface area is 79.5 Å². The van der Waals surface area contributed by atoms with Crippen LogP contribution in [0.2, 0.25) is 0 Å². The molecule has 0 fully saturated rings. The molecule has 0 saturated carbocycles. The van der Waals surface area contributed by atoms with Crippen LogP contribution in [0, 0.1) is 0 Å². The number of nitrogens with zero attached hydrogens (tertiary/aromatic N) is 1. The summed E-state index contributed by atoms with van der Waals surface area (Å²) in [7, 11) is 3.57. The molecule has 0 aromatic carbocycles. The van der Waals surface area contributed by atoms with Crippen LogP contribution in [0.3, 0.4) is 0 Å². The summed E-state index contributed by atoms with van der Waals surface area (Å²) >= 11 is 0. The van der Waals surface area contributed by atoms with E-state index in [9.17, 15) is 0 Å². The summed E-state index contributed by atoms with van der Waals surface area (Å²) in [6.45, 7) is 3.81. The van der Waals surface area contributed by atoms with Crippen LogP contribution in [0.1, 0.15) is 13.8 Å². The second-order valence-electron chi connectivity index (χ2n) is 2.71. The molecule has 0 bridgehead atoms. The van der Waals surface area contributed by atoms with Crippen LogP contribution in [0.5, 0.6) is 0 Å². The number of nitrogens with two attached hydrogens (primary N) is 1. The summed E-state index contributed by atoms with van der Waals surface area (Å²) in [4.78, 5) is 3.96. The minimum Gasteiger partial charge on any atom is -0.390 e. The minimum atomic E-state index is -0.258. The van der Waals surface area contributed by atoms with Crippen molar-refractivity contribution >= 4 is 5.71 Å². The quantitative estimate of drug-likeness (QED) is 0.265. The van der Waals surface area contributed by atoms with Gasteiger partial charge in [0.25, 0.3) is 0 Å². The minimum absolute atomic E-state index is 0.258. The van der Waals surface area contributed by atoms with E-state index < -0.39 is 0 Å². The van der Waals surface area contributed by atoms with Gasteiger partial charge in [-0.1, -0.05) is 0 Å². The molecule has 0 aliphatic heterocycles. The van der Waals surface area contributed by atoms with Gasteiger partial charge in [0.1, 0.15) is 6.17 Å². The summed E-state index contributed by atoms with van der Waals surface area (Å²) in [5, 5.41) is 2.97. The highest BCUT2D eigenvalue weighted by molar-refractivity contribution is 5.86. The molecule has 0 aromatic rings. The molecule has 5 nitrogen and oxygen atoms in total. The van der Waals surface area contributed by atoms with Crippen molar-refractivity contribution in [3.8, 4) is 0 Å². The maximum absolute atomic E-state index is 5.70. The highest BCUT2D eigenvalue weighted by atomic mass is 15.4. The van der Waals surface area contributed by atoms with Gasteiger partial charge in [0.2, 0.25) is 0 Å². The van der Waals surface area contributed by atoms with Gasteiger partial charge >= 0.3 is 0 Å². The van der Waals surface area contributed by atoms with Crippen molar-refractivity contribution in [3.05, 3.63) is 11.9 Å². The van der Waals surface area contributed by atoms with E-state index in [1.807, 2.05) is 20.9 Å². The molecule has 76 valence electrons. The number of aliphatic imine (C=N–C) groups is 1. The van der Waals surface area contributed by atoms with Crippen molar-refractivity contribution < 1.29 is 0 Å². The molecule has 0 unspecified atom stereocenters. The molecule has 5 heteroatoms. The highest BCUT2D eigenvalue weighted by Gasteiger charge is 2.01. The largest absolute Gasteiger partial charge is 0.390 e. The van der Waals surface area contributed by atoms with E-state index in [2.05, 4.69) is 21.2 Å². The third kappa shape index (κ3) is 5.21. The Morgan fingerprint density at radius 2 is 2.08 bits per heavy atom. The first kappa shape index (κ1) is 11.9. The van der Waals surface area contributed by atoms with Gasteiger partial charge in [-0.05, 0) is 13.8 Å². The Morgan fingerprint density at radius 3 is 2.54 bits per heavy atom. The molecule has 13 heavy (non-hydrogen) atoms. The zero-order valence-electron chi connectivity index (χ0n) is 8.68. The topological polar surface area (TPSA) is 74.5 Å². The molecule has 0 aromatic heterocycles. The average Bonchev–Trinajstić information content (AvgIpc) is 2.15. The van der Waals surface area contributed by atoms with Gasteiger partial charge in [-0.2, -0.15) is 0 Å². The van der Waals surface area contributed by atoms with E-state index in [0.717, 1.165) is 11.4 Å². The summed E-state index contributed by atoms with van der Waals surface area (Å²) < 4.78 is 0. The number of nitrogens with one attached hydrogen (secondary N) is 3. The smallest absolute Gasteiger partial charge is 0.111 e. The van der Waals surface area contributed by atoms with E-state index in [4.69, 9.17) is 5.73 Å². The van der Waals surface area contributed by atoms with Crippen molar-refractivity contribution in [2.24, 2.45) is 10.7 Å². The molecule has 0 aliphatic carbocycles. The normalized spacial score (nSPS) is 15.5. The molecule has 0 radical (unpaired) electrons. The first-order valence-electron chi connectivity index (χ1n) is 4.16.